The lowest BCUT2D eigenvalue weighted by molar-refractivity contribution is -0.157. The van der Waals surface area contributed by atoms with Gasteiger partial charge in [0.15, 0.2) is 0 Å². The van der Waals surface area contributed by atoms with Crippen LogP contribution in [0.15, 0.2) is 12.2 Å². The zero-order valence-corrected chi connectivity index (χ0v) is 56.9. The van der Waals surface area contributed by atoms with Gasteiger partial charge in [0.05, 0.1) is 12.6 Å². The van der Waals surface area contributed by atoms with E-state index in [0.29, 0.717) is 12.8 Å². The van der Waals surface area contributed by atoms with E-state index in [9.17, 15) is 53.4 Å². The van der Waals surface area contributed by atoms with E-state index in [-0.39, 0.29) is 56.5 Å². The van der Waals surface area contributed by atoms with Crippen molar-refractivity contribution in [1.29, 1.82) is 0 Å². The fourth-order valence-electron chi connectivity index (χ4n) is 10.9. The molecule has 1 saturated heterocycles. The quantitative estimate of drug-likeness (QED) is 0.114. The molecule has 13 atom stereocenters. The summed E-state index contributed by atoms with van der Waals surface area (Å²) in [5.41, 5.74) is 0. The van der Waals surface area contributed by atoms with Crippen molar-refractivity contribution in [2.75, 3.05) is 62.5 Å². The van der Waals surface area contributed by atoms with Gasteiger partial charge in [-0.3, -0.25) is 52.7 Å². The van der Waals surface area contributed by atoms with Crippen LogP contribution in [0.3, 0.4) is 0 Å². The Morgan fingerprint density at radius 2 is 0.943 bits per heavy atom. The number of likely N-dealkylation sites (N-methyl/N-ethyl adjacent to an activating group) is 7. The van der Waals surface area contributed by atoms with Crippen LogP contribution in [0.5, 0.6) is 0 Å². The van der Waals surface area contributed by atoms with Crippen LogP contribution >= 0.6 is 0 Å². The number of amides is 11. The standard InChI is InChI=1S/C63H113N11O13/c1-24-26-28-41(14)53(77)52-57(81)66-44(27-25-2)59(83)68(17)33-49(76)69(18)46(32-40(13)34-75)56(80)67-50(38(9)10)62(86)70(19)45(29-35(3)4)55(79)64-42(15)54(78)65-43(16)58(82)71(20)47(30-36(5)6)60(84)72(21)48(31-37(7)8)61(85)73(22)51(39(11)12)63(87)74(52)23/h24,26,35-48,50-53,75,77H,25,27-34H2,1-23H3,(H,64,79)(H,65,78)(H,66,81)(H,67,80)/b26-24+/t40?,41-,42+,43-,44+,45+,46+,47+,48+,50+,51+,52+,53-/m1/s1. The molecule has 1 unspecified atom stereocenters. The molecule has 1 aliphatic heterocycles. The molecule has 1 rings (SSSR count). The Morgan fingerprint density at radius 3 is 1.41 bits per heavy atom. The average Bonchev–Trinajstić information content (AvgIpc) is 1.80. The van der Waals surface area contributed by atoms with Crippen LogP contribution in [-0.4, -0.2) is 238 Å². The molecular formula is C63H113N11O13. The van der Waals surface area contributed by atoms with Gasteiger partial charge in [0.2, 0.25) is 65.0 Å². The third-order valence-electron chi connectivity index (χ3n) is 16.5. The number of carbonyl (C=O) groups is 11. The van der Waals surface area contributed by atoms with Crippen molar-refractivity contribution in [2.24, 2.45) is 41.4 Å². The van der Waals surface area contributed by atoms with Gasteiger partial charge in [-0.25, -0.2) is 0 Å². The van der Waals surface area contributed by atoms with Crippen molar-refractivity contribution < 1.29 is 63.0 Å². The number of nitrogens with zero attached hydrogens (tertiary/aromatic N) is 7. The summed E-state index contributed by atoms with van der Waals surface area (Å²) >= 11 is 0. The second kappa shape index (κ2) is 36.3. The largest absolute Gasteiger partial charge is 0.396 e. The lowest BCUT2D eigenvalue weighted by Gasteiger charge is -2.41. The molecule has 24 nitrogen and oxygen atoms in total. The number of hydrogen-bond donors (Lipinski definition) is 6. The average molecular weight is 1230 g/mol. The van der Waals surface area contributed by atoms with Crippen LogP contribution < -0.4 is 21.3 Å². The maximum absolute atomic E-state index is 15.2. The molecule has 87 heavy (non-hydrogen) atoms. The molecule has 0 aromatic heterocycles. The van der Waals surface area contributed by atoms with Gasteiger partial charge in [0.25, 0.3) is 0 Å². The highest BCUT2D eigenvalue weighted by atomic mass is 16.3. The number of aliphatic hydroxyl groups is 2. The van der Waals surface area contributed by atoms with Crippen LogP contribution in [0.2, 0.25) is 0 Å². The Kier molecular flexibility index (Phi) is 32.9. The van der Waals surface area contributed by atoms with Crippen LogP contribution in [0.1, 0.15) is 156 Å². The highest BCUT2D eigenvalue weighted by Gasteiger charge is 2.46. The van der Waals surface area contributed by atoms with Crippen molar-refractivity contribution in [2.45, 2.75) is 222 Å². The van der Waals surface area contributed by atoms with Gasteiger partial charge in [-0.15, -0.1) is 0 Å². The lowest BCUT2D eigenvalue weighted by atomic mass is 9.91. The first-order valence-corrected chi connectivity index (χ1v) is 31.2. The Bertz CT molecular complexity index is 2370. The third kappa shape index (κ3) is 22.4. The number of rotatable bonds is 17. The van der Waals surface area contributed by atoms with E-state index in [1.165, 1.54) is 82.8 Å². The Hall–Kier alpha value is -6.17. The Labute approximate surface area is 520 Å². The van der Waals surface area contributed by atoms with Crippen LogP contribution in [0.25, 0.3) is 0 Å². The fraction of sp³-hybridized carbons (Fsp3) is 0.794. The smallest absolute Gasteiger partial charge is 0.246 e. The summed E-state index contributed by atoms with van der Waals surface area (Å²) in [5.74, 6) is -10.5. The summed E-state index contributed by atoms with van der Waals surface area (Å²) in [4.78, 5) is 169. The van der Waals surface area contributed by atoms with Crippen LogP contribution in [-0.2, 0) is 52.7 Å². The molecule has 0 aromatic rings. The predicted molar refractivity (Wildman–Crippen MR) is 334 cm³/mol. The first kappa shape index (κ1) is 78.8. The summed E-state index contributed by atoms with van der Waals surface area (Å²) in [6, 6.07) is -12.7. The summed E-state index contributed by atoms with van der Waals surface area (Å²) in [6.45, 7) is 26.8. The minimum atomic E-state index is -1.63. The number of carbonyl (C=O) groups excluding carboxylic acids is 11. The van der Waals surface area contributed by atoms with Gasteiger partial charge in [0, 0.05) is 55.9 Å². The molecule has 11 amide bonds. The fourth-order valence-corrected chi connectivity index (χ4v) is 10.9. The molecule has 0 spiro atoms. The molecule has 0 bridgehead atoms. The minimum Gasteiger partial charge on any atom is -0.396 e. The van der Waals surface area contributed by atoms with Gasteiger partial charge in [-0.2, -0.15) is 0 Å². The van der Waals surface area contributed by atoms with E-state index in [4.69, 9.17) is 0 Å². The maximum Gasteiger partial charge on any atom is 0.246 e. The molecule has 0 aliphatic carbocycles. The van der Waals surface area contributed by atoms with Crippen molar-refractivity contribution in [3.05, 3.63) is 12.2 Å². The van der Waals surface area contributed by atoms with Gasteiger partial charge < -0.3 is 65.8 Å². The first-order valence-electron chi connectivity index (χ1n) is 31.2. The molecule has 0 aromatic carbocycles. The summed E-state index contributed by atoms with van der Waals surface area (Å²) < 4.78 is 0. The van der Waals surface area contributed by atoms with Crippen molar-refractivity contribution in [3.63, 3.8) is 0 Å². The van der Waals surface area contributed by atoms with E-state index in [0.717, 1.165) is 14.7 Å². The maximum atomic E-state index is 15.2. The minimum absolute atomic E-state index is 0.0652. The third-order valence-corrected chi connectivity index (χ3v) is 16.5. The van der Waals surface area contributed by atoms with Gasteiger partial charge in [-0.05, 0) is 101 Å². The molecule has 1 fully saturated rings. The Balaban J connectivity index is 4.38. The lowest BCUT2D eigenvalue weighted by Crippen LogP contribution is -2.63. The molecule has 6 N–H and O–H groups in total. The van der Waals surface area contributed by atoms with E-state index in [1.54, 1.807) is 67.5 Å². The summed E-state index contributed by atoms with van der Waals surface area (Å²) in [5, 5.41) is 33.3. The second-order valence-corrected chi connectivity index (χ2v) is 26.4. The molecule has 0 saturated carbocycles. The van der Waals surface area contributed by atoms with E-state index < -0.39 is 162 Å². The topological polar surface area (TPSA) is 299 Å². The van der Waals surface area contributed by atoms with Crippen molar-refractivity contribution in [1.82, 2.24) is 55.6 Å². The van der Waals surface area contributed by atoms with Gasteiger partial charge in [0.1, 0.15) is 60.4 Å². The Morgan fingerprint density at radius 1 is 0.494 bits per heavy atom. The number of allylic oxidation sites excluding steroid dienone is 2. The zero-order chi connectivity index (χ0) is 67.4. The predicted octanol–water partition coefficient (Wildman–Crippen LogP) is 2.63. The van der Waals surface area contributed by atoms with Gasteiger partial charge in [-0.1, -0.05) is 109 Å². The number of hydrogen-bond acceptors (Lipinski definition) is 13. The summed E-state index contributed by atoms with van der Waals surface area (Å²) in [6.07, 6.45) is 3.14. The van der Waals surface area contributed by atoms with E-state index in [1.807, 2.05) is 41.5 Å². The highest BCUT2D eigenvalue weighted by molar-refractivity contribution is 5.99. The molecule has 1 aliphatic rings. The summed E-state index contributed by atoms with van der Waals surface area (Å²) in [7, 11) is 9.79. The van der Waals surface area contributed by atoms with E-state index in [2.05, 4.69) is 21.3 Å². The monoisotopic (exact) mass is 1230 g/mol. The second-order valence-electron chi connectivity index (χ2n) is 26.4. The first-order chi connectivity index (χ1) is 40.2. The van der Waals surface area contributed by atoms with Crippen LogP contribution in [0.4, 0.5) is 0 Å². The van der Waals surface area contributed by atoms with Crippen molar-refractivity contribution >= 4 is 65.0 Å². The highest BCUT2D eigenvalue weighted by Crippen LogP contribution is 2.26. The van der Waals surface area contributed by atoms with Crippen LogP contribution in [0, 0.1) is 41.4 Å². The SMILES string of the molecule is C/C=C/C[C@@H](C)[C@@H](O)[C@H]1C(=O)N[C@@H](CCC)C(=O)N(C)CC(=O)N(C)[C@@H](CC(C)CO)C(=O)N[C@@H](C(C)C)C(=O)N(C)[C@@H](CC(C)C)C(=O)N[C@@H](C)C(=O)N[C@H](C)C(=O)N(C)[C@@H](CC(C)C)C(=O)N(C)[C@@H](CC(C)C)C(=O)N(C)[C@@H](C(C)C)C(=O)N1C. The normalized spacial score (nSPS) is 26.9. The molecule has 0 radical (unpaired) electrons. The van der Waals surface area contributed by atoms with Gasteiger partial charge >= 0.3 is 0 Å². The molecule has 498 valence electrons. The number of nitrogens with one attached hydrogen (secondary N) is 4. The zero-order valence-electron chi connectivity index (χ0n) is 56.9. The molecule has 24 heteroatoms. The molecule has 1 heterocycles. The molecular weight excluding hydrogens is 1120 g/mol. The number of aliphatic hydroxyl groups excluding tert-OH is 2. The van der Waals surface area contributed by atoms with Crippen molar-refractivity contribution in [3.8, 4) is 0 Å². The van der Waals surface area contributed by atoms with E-state index >= 15 is 9.59 Å².